The molecule has 0 atom stereocenters. The van der Waals surface area contributed by atoms with Crippen LogP contribution < -0.4 is 9.80 Å². The van der Waals surface area contributed by atoms with Gasteiger partial charge in [0.1, 0.15) is 11.5 Å². The largest absolute Gasteiger partial charge is 0.433 e. The lowest BCUT2D eigenvalue weighted by Crippen LogP contribution is -2.42. The molecule has 0 radical (unpaired) electrons. The minimum atomic E-state index is -4.40. The smallest absolute Gasteiger partial charge is 0.370 e. The SMILES string of the molecule is FC(F)(F)c1ccc(N2CCC3(CCN(c4cncc(-c5ccccc5)n4)CC3)C2)cn1. The number of alkyl halides is 3. The van der Waals surface area contributed by atoms with Gasteiger partial charge in [-0.2, -0.15) is 13.2 Å². The third kappa shape index (κ3) is 4.13. The molecule has 2 aliphatic rings. The number of piperidine rings is 1. The van der Waals surface area contributed by atoms with Crippen LogP contribution in [0.2, 0.25) is 0 Å². The van der Waals surface area contributed by atoms with Crippen molar-refractivity contribution in [3.8, 4) is 11.3 Å². The van der Waals surface area contributed by atoms with Gasteiger partial charge in [0.15, 0.2) is 0 Å². The van der Waals surface area contributed by atoms with E-state index in [9.17, 15) is 13.2 Å². The lowest BCUT2D eigenvalue weighted by Gasteiger charge is -2.39. The van der Waals surface area contributed by atoms with Crippen LogP contribution in [-0.2, 0) is 6.18 Å². The highest BCUT2D eigenvalue weighted by molar-refractivity contribution is 5.60. The molecule has 2 fully saturated rings. The molecular formula is C24H24F3N5. The van der Waals surface area contributed by atoms with E-state index < -0.39 is 11.9 Å². The monoisotopic (exact) mass is 439 g/mol. The average molecular weight is 439 g/mol. The van der Waals surface area contributed by atoms with Crippen molar-refractivity contribution >= 4 is 11.5 Å². The Hall–Kier alpha value is -3.16. The van der Waals surface area contributed by atoms with Gasteiger partial charge < -0.3 is 9.80 Å². The van der Waals surface area contributed by atoms with E-state index >= 15 is 0 Å². The van der Waals surface area contributed by atoms with E-state index in [1.807, 2.05) is 36.5 Å². The van der Waals surface area contributed by atoms with E-state index in [4.69, 9.17) is 4.98 Å². The Labute approximate surface area is 184 Å². The summed E-state index contributed by atoms with van der Waals surface area (Å²) in [5.41, 5.74) is 2.02. The molecule has 2 aromatic heterocycles. The zero-order valence-electron chi connectivity index (χ0n) is 17.6. The second-order valence-electron chi connectivity index (χ2n) is 8.69. The van der Waals surface area contributed by atoms with Gasteiger partial charge in [0.25, 0.3) is 0 Å². The van der Waals surface area contributed by atoms with E-state index in [1.165, 1.54) is 12.3 Å². The maximum atomic E-state index is 12.8. The van der Waals surface area contributed by atoms with Crippen LogP contribution >= 0.6 is 0 Å². The highest BCUT2D eigenvalue weighted by Crippen LogP contribution is 2.42. The van der Waals surface area contributed by atoms with Gasteiger partial charge in [-0.25, -0.2) is 9.97 Å². The molecule has 5 rings (SSSR count). The minimum absolute atomic E-state index is 0.184. The Balaban J connectivity index is 1.23. The summed E-state index contributed by atoms with van der Waals surface area (Å²) in [5.74, 6) is 0.892. The number of hydrogen-bond acceptors (Lipinski definition) is 5. The van der Waals surface area contributed by atoms with Crippen LogP contribution in [0.5, 0.6) is 0 Å². The molecule has 32 heavy (non-hydrogen) atoms. The van der Waals surface area contributed by atoms with Crippen LogP contribution in [0, 0.1) is 5.41 Å². The molecule has 5 nitrogen and oxygen atoms in total. The van der Waals surface area contributed by atoms with Gasteiger partial charge >= 0.3 is 6.18 Å². The molecule has 2 saturated heterocycles. The molecular weight excluding hydrogens is 415 g/mol. The maximum absolute atomic E-state index is 12.8. The number of anilines is 2. The van der Waals surface area contributed by atoms with Crippen molar-refractivity contribution < 1.29 is 13.2 Å². The molecule has 166 valence electrons. The first-order valence-corrected chi connectivity index (χ1v) is 10.8. The summed E-state index contributed by atoms with van der Waals surface area (Å²) >= 11 is 0. The van der Waals surface area contributed by atoms with Gasteiger partial charge in [-0.3, -0.25) is 4.98 Å². The van der Waals surface area contributed by atoms with Gasteiger partial charge in [0.2, 0.25) is 0 Å². The second kappa shape index (κ2) is 8.07. The topological polar surface area (TPSA) is 45.2 Å². The Morgan fingerprint density at radius 2 is 1.53 bits per heavy atom. The number of pyridine rings is 1. The van der Waals surface area contributed by atoms with Crippen LogP contribution in [0.4, 0.5) is 24.7 Å². The Morgan fingerprint density at radius 1 is 0.812 bits per heavy atom. The quantitative estimate of drug-likeness (QED) is 0.571. The fourth-order valence-electron chi connectivity index (χ4n) is 4.77. The number of benzene rings is 1. The first kappa shape index (κ1) is 20.7. The molecule has 0 aliphatic carbocycles. The van der Waals surface area contributed by atoms with Gasteiger partial charge in [0, 0.05) is 31.7 Å². The van der Waals surface area contributed by atoms with E-state index in [-0.39, 0.29) is 5.41 Å². The van der Waals surface area contributed by atoms with Gasteiger partial charge in [-0.15, -0.1) is 0 Å². The lowest BCUT2D eigenvalue weighted by atomic mass is 9.78. The number of rotatable bonds is 3. The first-order valence-electron chi connectivity index (χ1n) is 10.8. The predicted octanol–water partition coefficient (Wildman–Crippen LogP) is 5.05. The van der Waals surface area contributed by atoms with Crippen molar-refractivity contribution in [2.45, 2.75) is 25.4 Å². The predicted molar refractivity (Wildman–Crippen MR) is 117 cm³/mol. The van der Waals surface area contributed by atoms with Gasteiger partial charge in [0.05, 0.1) is 30.0 Å². The van der Waals surface area contributed by atoms with Crippen LogP contribution in [0.25, 0.3) is 11.3 Å². The van der Waals surface area contributed by atoms with Crippen molar-refractivity contribution in [1.82, 2.24) is 15.0 Å². The molecule has 0 N–H and O–H groups in total. The molecule has 8 heteroatoms. The molecule has 0 unspecified atom stereocenters. The summed E-state index contributed by atoms with van der Waals surface area (Å²) < 4.78 is 38.4. The summed E-state index contributed by atoms with van der Waals surface area (Å²) in [6.45, 7) is 3.48. The Morgan fingerprint density at radius 3 is 2.19 bits per heavy atom. The summed E-state index contributed by atoms with van der Waals surface area (Å²) in [6, 6.07) is 12.6. The molecule has 1 aromatic carbocycles. The first-order chi connectivity index (χ1) is 15.4. The molecule has 0 saturated carbocycles. The number of halogens is 3. The van der Waals surface area contributed by atoms with E-state index in [1.54, 1.807) is 6.20 Å². The highest BCUT2D eigenvalue weighted by atomic mass is 19.4. The van der Waals surface area contributed by atoms with Crippen LogP contribution in [0.15, 0.2) is 61.1 Å². The Kier molecular flexibility index (Phi) is 5.23. The highest BCUT2D eigenvalue weighted by Gasteiger charge is 2.41. The summed E-state index contributed by atoms with van der Waals surface area (Å²) in [7, 11) is 0. The molecule has 0 bridgehead atoms. The fourth-order valence-corrected chi connectivity index (χ4v) is 4.77. The van der Waals surface area contributed by atoms with Crippen molar-refractivity contribution in [2.24, 2.45) is 5.41 Å². The maximum Gasteiger partial charge on any atom is 0.433 e. The zero-order chi connectivity index (χ0) is 22.2. The van der Waals surface area contributed by atoms with Crippen molar-refractivity contribution in [3.63, 3.8) is 0 Å². The van der Waals surface area contributed by atoms with Crippen molar-refractivity contribution in [3.05, 3.63) is 66.7 Å². The van der Waals surface area contributed by atoms with E-state index in [2.05, 4.69) is 19.8 Å². The van der Waals surface area contributed by atoms with Crippen LogP contribution in [0.1, 0.15) is 25.0 Å². The fraction of sp³-hybridized carbons (Fsp3) is 0.375. The summed E-state index contributed by atoms with van der Waals surface area (Å²) in [6.07, 6.45) is 3.64. The molecule has 3 aromatic rings. The van der Waals surface area contributed by atoms with Crippen LogP contribution in [-0.4, -0.2) is 41.1 Å². The number of nitrogens with zero attached hydrogens (tertiary/aromatic N) is 5. The van der Waals surface area contributed by atoms with Crippen molar-refractivity contribution in [1.29, 1.82) is 0 Å². The second-order valence-corrected chi connectivity index (χ2v) is 8.69. The van der Waals surface area contributed by atoms with E-state index in [0.717, 1.165) is 74.3 Å². The Bertz CT molecular complexity index is 1060. The van der Waals surface area contributed by atoms with E-state index in [0.29, 0.717) is 0 Å². The number of aromatic nitrogens is 3. The minimum Gasteiger partial charge on any atom is -0.370 e. The van der Waals surface area contributed by atoms with Gasteiger partial charge in [-0.1, -0.05) is 30.3 Å². The standard InChI is InChI=1S/C24H24F3N5/c25-24(26,27)21-7-6-19(14-29-21)32-13-10-23(17-32)8-11-31(12-9-23)22-16-28-15-20(30-22)18-4-2-1-3-5-18/h1-7,14-16H,8-13,17H2. The molecule has 1 spiro atoms. The molecule has 0 amide bonds. The third-order valence-electron chi connectivity index (χ3n) is 6.68. The number of hydrogen-bond donors (Lipinski definition) is 0. The molecule has 2 aliphatic heterocycles. The summed E-state index contributed by atoms with van der Waals surface area (Å²) in [4.78, 5) is 17.3. The average Bonchev–Trinajstić information content (AvgIpc) is 3.23. The molecule has 4 heterocycles. The van der Waals surface area contributed by atoms with Crippen molar-refractivity contribution in [2.75, 3.05) is 36.0 Å². The third-order valence-corrected chi connectivity index (χ3v) is 6.68. The normalized spacial score (nSPS) is 18.3. The summed E-state index contributed by atoms with van der Waals surface area (Å²) in [5, 5.41) is 0. The van der Waals surface area contributed by atoms with Gasteiger partial charge in [-0.05, 0) is 36.8 Å². The zero-order valence-corrected chi connectivity index (χ0v) is 17.6. The lowest BCUT2D eigenvalue weighted by molar-refractivity contribution is -0.141. The van der Waals surface area contributed by atoms with Crippen LogP contribution in [0.3, 0.4) is 0 Å².